The molecule has 0 saturated heterocycles. The van der Waals surface area contributed by atoms with Crippen LogP contribution >= 0.6 is 23.1 Å². The molecule has 0 fully saturated rings. The number of nitrogens with zero attached hydrogens (tertiary/aromatic N) is 2. The van der Waals surface area contributed by atoms with Crippen LogP contribution in [0.4, 0.5) is 5.82 Å². The van der Waals surface area contributed by atoms with Gasteiger partial charge in [-0.05, 0) is 19.4 Å². The van der Waals surface area contributed by atoms with Crippen LogP contribution in [0.5, 0.6) is 0 Å². The van der Waals surface area contributed by atoms with Gasteiger partial charge >= 0.3 is 11.9 Å². The standard InChI is InChI=1S/C13H15N3O4S2/c1-3-20-7(17)4-5-21-13-15-10(14)8-6(2)9(12(18)19)22-11(8)16-13/h3-5H2,1-2H3,(H,18,19)(H2,14,15,16). The fourth-order valence-corrected chi connectivity index (χ4v) is 3.73. The molecule has 7 nitrogen and oxygen atoms in total. The number of carbonyl (C=O) groups is 2. The van der Waals surface area contributed by atoms with Gasteiger partial charge in [0.2, 0.25) is 0 Å². The van der Waals surface area contributed by atoms with Crippen molar-refractivity contribution < 1.29 is 19.4 Å². The molecule has 2 aromatic heterocycles. The van der Waals surface area contributed by atoms with Crippen molar-refractivity contribution in [2.24, 2.45) is 0 Å². The smallest absolute Gasteiger partial charge is 0.346 e. The maximum Gasteiger partial charge on any atom is 0.346 e. The van der Waals surface area contributed by atoms with Gasteiger partial charge in [0, 0.05) is 5.75 Å². The van der Waals surface area contributed by atoms with Crippen LogP contribution in [0.2, 0.25) is 0 Å². The molecular weight excluding hydrogens is 326 g/mol. The Balaban J connectivity index is 2.19. The number of hydrogen-bond acceptors (Lipinski definition) is 8. The third-order valence-electron chi connectivity index (χ3n) is 2.83. The summed E-state index contributed by atoms with van der Waals surface area (Å²) in [6, 6.07) is 0. The number of anilines is 1. The number of carboxylic acids is 1. The quantitative estimate of drug-likeness (QED) is 0.467. The second-order valence-electron chi connectivity index (χ2n) is 4.34. The van der Waals surface area contributed by atoms with E-state index in [2.05, 4.69) is 9.97 Å². The van der Waals surface area contributed by atoms with Crippen molar-refractivity contribution in [3.8, 4) is 0 Å². The number of carboxylic acid groups (broad SMARTS) is 1. The van der Waals surface area contributed by atoms with Gasteiger partial charge in [-0.15, -0.1) is 11.3 Å². The molecule has 9 heteroatoms. The van der Waals surface area contributed by atoms with Gasteiger partial charge in [-0.2, -0.15) is 0 Å². The molecule has 118 valence electrons. The molecule has 0 aliphatic rings. The van der Waals surface area contributed by atoms with E-state index in [4.69, 9.17) is 15.6 Å². The molecule has 0 aliphatic heterocycles. The molecule has 2 rings (SSSR count). The van der Waals surface area contributed by atoms with Crippen molar-refractivity contribution in [3.63, 3.8) is 0 Å². The van der Waals surface area contributed by atoms with E-state index in [0.29, 0.717) is 33.3 Å². The molecule has 0 spiro atoms. The van der Waals surface area contributed by atoms with Crippen molar-refractivity contribution in [2.45, 2.75) is 25.4 Å². The second kappa shape index (κ2) is 6.93. The summed E-state index contributed by atoms with van der Waals surface area (Å²) in [7, 11) is 0. The average Bonchev–Trinajstić information content (AvgIpc) is 2.77. The average molecular weight is 341 g/mol. The van der Waals surface area contributed by atoms with Gasteiger partial charge in [-0.3, -0.25) is 4.79 Å². The number of esters is 1. The number of ether oxygens (including phenoxy) is 1. The number of aromatic nitrogens is 2. The fraction of sp³-hybridized carbons (Fsp3) is 0.385. The van der Waals surface area contributed by atoms with Gasteiger partial charge in [-0.1, -0.05) is 11.8 Å². The van der Waals surface area contributed by atoms with E-state index in [1.807, 2.05) is 0 Å². The van der Waals surface area contributed by atoms with Gasteiger partial charge in [0.1, 0.15) is 15.5 Å². The molecule has 2 aromatic rings. The van der Waals surface area contributed by atoms with E-state index in [-0.39, 0.29) is 23.1 Å². The lowest BCUT2D eigenvalue weighted by Gasteiger charge is -2.03. The zero-order chi connectivity index (χ0) is 16.3. The lowest BCUT2D eigenvalue weighted by atomic mass is 10.2. The first-order valence-corrected chi connectivity index (χ1v) is 8.32. The van der Waals surface area contributed by atoms with Crippen molar-refractivity contribution in [1.29, 1.82) is 0 Å². The Morgan fingerprint density at radius 3 is 2.77 bits per heavy atom. The van der Waals surface area contributed by atoms with Gasteiger partial charge in [0.15, 0.2) is 5.16 Å². The highest BCUT2D eigenvalue weighted by atomic mass is 32.2. The number of rotatable bonds is 6. The van der Waals surface area contributed by atoms with Crippen LogP contribution in [0.15, 0.2) is 5.16 Å². The molecule has 0 bridgehead atoms. The van der Waals surface area contributed by atoms with Crippen molar-refractivity contribution in [2.75, 3.05) is 18.1 Å². The Hall–Kier alpha value is -1.87. The highest BCUT2D eigenvalue weighted by Gasteiger charge is 2.19. The van der Waals surface area contributed by atoms with Crippen LogP contribution in [0.25, 0.3) is 10.2 Å². The van der Waals surface area contributed by atoms with Gasteiger partial charge in [0.05, 0.1) is 18.4 Å². The summed E-state index contributed by atoms with van der Waals surface area (Å²) in [4.78, 5) is 31.7. The Morgan fingerprint density at radius 2 is 2.14 bits per heavy atom. The molecule has 22 heavy (non-hydrogen) atoms. The van der Waals surface area contributed by atoms with Crippen molar-refractivity contribution in [1.82, 2.24) is 9.97 Å². The van der Waals surface area contributed by atoms with Crippen molar-refractivity contribution in [3.05, 3.63) is 10.4 Å². The molecule has 2 heterocycles. The fourth-order valence-electron chi connectivity index (χ4n) is 1.88. The Kier molecular flexibility index (Phi) is 5.19. The molecule has 3 N–H and O–H groups in total. The summed E-state index contributed by atoms with van der Waals surface area (Å²) >= 11 is 2.36. The zero-order valence-electron chi connectivity index (χ0n) is 12.1. The number of nitrogen functional groups attached to an aromatic ring is 1. The van der Waals surface area contributed by atoms with Gasteiger partial charge in [-0.25, -0.2) is 14.8 Å². The molecule has 0 aliphatic carbocycles. The number of aryl methyl sites for hydroxylation is 1. The normalized spacial score (nSPS) is 10.8. The molecule has 0 saturated carbocycles. The number of aromatic carboxylic acids is 1. The first kappa shape index (κ1) is 16.5. The van der Waals surface area contributed by atoms with Crippen LogP contribution < -0.4 is 5.73 Å². The van der Waals surface area contributed by atoms with E-state index in [9.17, 15) is 9.59 Å². The number of nitrogens with two attached hydrogens (primary N) is 1. The Morgan fingerprint density at radius 1 is 1.41 bits per heavy atom. The minimum Gasteiger partial charge on any atom is -0.477 e. The third kappa shape index (κ3) is 3.47. The monoisotopic (exact) mass is 341 g/mol. The Labute approximate surface area is 134 Å². The molecule has 0 atom stereocenters. The minimum atomic E-state index is -1.00. The first-order chi connectivity index (χ1) is 10.4. The predicted molar refractivity (Wildman–Crippen MR) is 85.5 cm³/mol. The third-order valence-corrected chi connectivity index (χ3v) is 4.86. The van der Waals surface area contributed by atoms with E-state index >= 15 is 0 Å². The summed E-state index contributed by atoms with van der Waals surface area (Å²) < 4.78 is 4.84. The summed E-state index contributed by atoms with van der Waals surface area (Å²) in [6.07, 6.45) is 0.254. The largest absolute Gasteiger partial charge is 0.477 e. The van der Waals surface area contributed by atoms with E-state index < -0.39 is 5.97 Å². The highest BCUT2D eigenvalue weighted by molar-refractivity contribution is 7.99. The second-order valence-corrected chi connectivity index (χ2v) is 6.40. The lowest BCUT2D eigenvalue weighted by Crippen LogP contribution is -2.05. The summed E-state index contributed by atoms with van der Waals surface area (Å²) in [5.74, 6) is -0.551. The molecular formula is C13H15N3O4S2. The van der Waals surface area contributed by atoms with Crippen LogP contribution in [-0.4, -0.2) is 39.4 Å². The number of thiophene rings is 1. The van der Waals surface area contributed by atoms with Crippen LogP contribution in [0, 0.1) is 6.92 Å². The van der Waals surface area contributed by atoms with Gasteiger partial charge in [0.25, 0.3) is 0 Å². The topological polar surface area (TPSA) is 115 Å². The van der Waals surface area contributed by atoms with Crippen LogP contribution in [0.1, 0.15) is 28.6 Å². The van der Waals surface area contributed by atoms with E-state index in [1.165, 1.54) is 11.8 Å². The minimum absolute atomic E-state index is 0.213. The van der Waals surface area contributed by atoms with E-state index in [0.717, 1.165) is 11.3 Å². The number of hydrogen-bond donors (Lipinski definition) is 2. The highest BCUT2D eigenvalue weighted by Crippen LogP contribution is 2.34. The van der Waals surface area contributed by atoms with E-state index in [1.54, 1.807) is 13.8 Å². The molecule has 0 radical (unpaired) electrons. The summed E-state index contributed by atoms with van der Waals surface area (Å²) in [5.41, 5.74) is 6.49. The lowest BCUT2D eigenvalue weighted by molar-refractivity contribution is -0.142. The number of carbonyl (C=O) groups excluding carboxylic acids is 1. The van der Waals surface area contributed by atoms with Crippen LogP contribution in [-0.2, 0) is 9.53 Å². The number of fused-ring (bicyclic) bond motifs is 1. The summed E-state index contributed by atoms with van der Waals surface area (Å²) in [5, 5.41) is 10.1. The molecule has 0 unspecified atom stereocenters. The first-order valence-electron chi connectivity index (χ1n) is 6.52. The number of thioether (sulfide) groups is 1. The van der Waals surface area contributed by atoms with Crippen LogP contribution in [0.3, 0.4) is 0 Å². The zero-order valence-corrected chi connectivity index (χ0v) is 13.7. The predicted octanol–water partition coefficient (Wildman–Crippen LogP) is 2.33. The molecule has 0 amide bonds. The molecule has 0 aromatic carbocycles. The van der Waals surface area contributed by atoms with Crippen molar-refractivity contribution >= 4 is 51.1 Å². The maximum atomic E-state index is 11.3. The Bertz CT molecular complexity index is 730. The maximum absolute atomic E-state index is 11.3. The summed E-state index contributed by atoms with van der Waals surface area (Å²) in [6.45, 7) is 3.79. The van der Waals surface area contributed by atoms with Gasteiger partial charge < -0.3 is 15.6 Å². The SMILES string of the molecule is CCOC(=O)CCSc1nc(N)c2c(C)c(C(=O)O)sc2n1.